The number of nitrogens with one attached hydrogen (secondary N) is 1. The van der Waals surface area contributed by atoms with Crippen LogP contribution in [0.15, 0.2) is 47.4 Å². The van der Waals surface area contributed by atoms with Gasteiger partial charge in [0.15, 0.2) is 0 Å². The summed E-state index contributed by atoms with van der Waals surface area (Å²) in [5.74, 6) is -0.599. The van der Waals surface area contributed by atoms with Crippen LogP contribution in [-0.2, 0) is 0 Å². The fourth-order valence-electron chi connectivity index (χ4n) is 2.76. The monoisotopic (exact) mass is 399 g/mol. The molecular weight excluding hydrogens is 382 g/mol. The van der Waals surface area contributed by atoms with Gasteiger partial charge in [-0.2, -0.15) is 0 Å². The van der Waals surface area contributed by atoms with Crippen molar-refractivity contribution in [2.75, 3.05) is 4.72 Å². The summed E-state index contributed by atoms with van der Waals surface area (Å²) in [5, 5.41) is 9.48. The van der Waals surface area contributed by atoms with E-state index in [1.165, 1.54) is 11.9 Å². The number of aryl methyl sites for hydroxylation is 2. The van der Waals surface area contributed by atoms with Crippen LogP contribution in [0.2, 0.25) is 5.15 Å². The second-order valence-electron chi connectivity index (χ2n) is 6.12. The lowest BCUT2D eigenvalue weighted by molar-refractivity contribution is 0.0696. The lowest BCUT2D eigenvalue weighted by Crippen LogP contribution is -2.02. The van der Waals surface area contributed by atoms with Crippen LogP contribution in [-0.4, -0.2) is 21.0 Å². The van der Waals surface area contributed by atoms with Gasteiger partial charge < -0.3 is 5.11 Å². The SMILES string of the molecule is Cc1cccc(C)c1-c1nc(NSc2cccc(C(=O)O)c2)nc(Cl)c1C. The molecule has 0 bridgehead atoms. The molecule has 0 fully saturated rings. The highest BCUT2D eigenvalue weighted by Gasteiger charge is 2.15. The molecule has 0 saturated heterocycles. The Balaban J connectivity index is 1.93. The Kier molecular flexibility index (Phi) is 5.68. The Bertz CT molecular complexity index is 1000. The van der Waals surface area contributed by atoms with Crippen molar-refractivity contribution in [3.63, 3.8) is 0 Å². The van der Waals surface area contributed by atoms with Crippen molar-refractivity contribution >= 4 is 35.5 Å². The van der Waals surface area contributed by atoms with Gasteiger partial charge in [0.25, 0.3) is 0 Å². The van der Waals surface area contributed by atoms with E-state index in [0.29, 0.717) is 11.1 Å². The lowest BCUT2D eigenvalue weighted by Gasteiger charge is -2.14. The number of rotatable bonds is 5. The Morgan fingerprint density at radius 2 is 1.74 bits per heavy atom. The Morgan fingerprint density at radius 1 is 1.07 bits per heavy atom. The number of anilines is 1. The standard InChI is InChI=1S/C20H18ClN3O2S/c1-11-6-4-7-12(2)16(11)17-13(3)18(21)23-20(22-17)24-27-15-9-5-8-14(10-15)19(25)26/h4-10H,1-3H3,(H,25,26)(H,22,23,24). The zero-order valence-corrected chi connectivity index (χ0v) is 16.6. The zero-order valence-electron chi connectivity index (χ0n) is 15.1. The number of carboxylic acids is 1. The van der Waals surface area contributed by atoms with Gasteiger partial charge in [-0.3, -0.25) is 4.72 Å². The number of carboxylic acid groups (broad SMARTS) is 1. The first kappa shape index (κ1) is 19.2. The second kappa shape index (κ2) is 7.98. The minimum absolute atomic E-state index is 0.223. The molecule has 1 aromatic heterocycles. The molecule has 3 rings (SSSR count). The summed E-state index contributed by atoms with van der Waals surface area (Å²) < 4.78 is 3.06. The van der Waals surface area contributed by atoms with Crippen molar-refractivity contribution < 1.29 is 9.90 Å². The van der Waals surface area contributed by atoms with Crippen LogP contribution >= 0.6 is 23.5 Å². The minimum atomic E-state index is -0.968. The predicted molar refractivity (Wildman–Crippen MR) is 110 cm³/mol. The number of aromatic carboxylic acids is 1. The number of hydrogen-bond donors (Lipinski definition) is 2. The molecule has 2 aromatic carbocycles. The summed E-state index contributed by atoms with van der Waals surface area (Å²) in [6.45, 7) is 5.98. The van der Waals surface area contributed by atoms with E-state index in [1.54, 1.807) is 18.2 Å². The average molecular weight is 400 g/mol. The van der Waals surface area contributed by atoms with E-state index in [1.807, 2.05) is 45.0 Å². The lowest BCUT2D eigenvalue weighted by atomic mass is 9.98. The second-order valence-corrected chi connectivity index (χ2v) is 7.35. The molecule has 0 amide bonds. The molecule has 1 heterocycles. The molecule has 27 heavy (non-hydrogen) atoms. The number of halogens is 1. The third-order valence-corrected chi connectivity index (χ3v) is 5.29. The fourth-order valence-corrected chi connectivity index (χ4v) is 3.57. The van der Waals surface area contributed by atoms with Crippen LogP contribution in [0.5, 0.6) is 0 Å². The molecule has 0 aliphatic rings. The van der Waals surface area contributed by atoms with Crippen molar-refractivity contribution in [2.45, 2.75) is 25.7 Å². The van der Waals surface area contributed by atoms with E-state index >= 15 is 0 Å². The first-order chi connectivity index (χ1) is 12.9. The molecule has 138 valence electrons. The van der Waals surface area contributed by atoms with Crippen LogP contribution in [0.3, 0.4) is 0 Å². The van der Waals surface area contributed by atoms with E-state index in [0.717, 1.165) is 32.8 Å². The normalized spacial score (nSPS) is 10.7. The van der Waals surface area contributed by atoms with Gasteiger partial charge in [0.1, 0.15) is 5.15 Å². The predicted octanol–water partition coefficient (Wildman–Crippen LogP) is 5.54. The summed E-state index contributed by atoms with van der Waals surface area (Å²) in [4.78, 5) is 20.8. The maximum absolute atomic E-state index is 11.1. The quantitative estimate of drug-likeness (QED) is 0.433. The van der Waals surface area contributed by atoms with E-state index in [9.17, 15) is 4.79 Å². The van der Waals surface area contributed by atoms with Gasteiger partial charge in [-0.25, -0.2) is 14.8 Å². The van der Waals surface area contributed by atoms with E-state index in [4.69, 9.17) is 16.7 Å². The van der Waals surface area contributed by atoms with E-state index in [2.05, 4.69) is 14.7 Å². The van der Waals surface area contributed by atoms with Crippen molar-refractivity contribution in [3.05, 3.63) is 69.9 Å². The molecule has 3 aromatic rings. The molecule has 0 saturated carbocycles. The van der Waals surface area contributed by atoms with Gasteiger partial charge in [-0.05, 0) is 62.0 Å². The first-order valence-corrected chi connectivity index (χ1v) is 9.43. The van der Waals surface area contributed by atoms with Crippen molar-refractivity contribution in [1.29, 1.82) is 0 Å². The molecule has 7 heteroatoms. The summed E-state index contributed by atoms with van der Waals surface area (Å²) >= 11 is 7.58. The van der Waals surface area contributed by atoms with Gasteiger partial charge in [-0.1, -0.05) is 35.9 Å². The maximum Gasteiger partial charge on any atom is 0.335 e. The largest absolute Gasteiger partial charge is 0.478 e. The molecule has 0 radical (unpaired) electrons. The van der Waals surface area contributed by atoms with Crippen molar-refractivity contribution in [3.8, 4) is 11.3 Å². The van der Waals surface area contributed by atoms with Crippen molar-refractivity contribution in [1.82, 2.24) is 9.97 Å². The maximum atomic E-state index is 11.1. The molecule has 0 unspecified atom stereocenters. The topological polar surface area (TPSA) is 75.1 Å². The number of aromatic nitrogens is 2. The van der Waals surface area contributed by atoms with Gasteiger partial charge in [0.2, 0.25) is 5.95 Å². The Morgan fingerprint density at radius 3 is 2.41 bits per heavy atom. The zero-order chi connectivity index (χ0) is 19.6. The third-order valence-electron chi connectivity index (χ3n) is 4.15. The van der Waals surface area contributed by atoms with Crippen LogP contribution in [0, 0.1) is 20.8 Å². The average Bonchev–Trinajstić information content (AvgIpc) is 2.63. The summed E-state index contributed by atoms with van der Waals surface area (Å²) in [6, 6.07) is 12.7. The van der Waals surface area contributed by atoms with Crippen LogP contribution in [0.25, 0.3) is 11.3 Å². The summed E-state index contributed by atoms with van der Waals surface area (Å²) in [5.41, 5.74) is 5.09. The van der Waals surface area contributed by atoms with Crippen LogP contribution < -0.4 is 4.72 Å². The molecular formula is C20H18ClN3O2S. The van der Waals surface area contributed by atoms with Gasteiger partial charge in [0, 0.05) is 16.0 Å². The molecule has 2 N–H and O–H groups in total. The molecule has 0 aliphatic heterocycles. The minimum Gasteiger partial charge on any atom is -0.478 e. The Labute approximate surface area is 167 Å². The Hall–Kier alpha value is -2.57. The van der Waals surface area contributed by atoms with Gasteiger partial charge in [0.05, 0.1) is 11.3 Å². The highest BCUT2D eigenvalue weighted by atomic mass is 35.5. The molecule has 0 atom stereocenters. The molecule has 5 nitrogen and oxygen atoms in total. The van der Waals surface area contributed by atoms with Gasteiger partial charge >= 0.3 is 5.97 Å². The fraction of sp³-hybridized carbons (Fsp3) is 0.150. The number of nitrogens with zero attached hydrogens (tertiary/aromatic N) is 2. The smallest absolute Gasteiger partial charge is 0.335 e. The highest BCUT2D eigenvalue weighted by Crippen LogP contribution is 2.32. The summed E-state index contributed by atoms with van der Waals surface area (Å²) in [6.07, 6.45) is 0. The van der Waals surface area contributed by atoms with E-state index < -0.39 is 5.97 Å². The number of carbonyl (C=O) groups is 1. The van der Waals surface area contributed by atoms with Crippen LogP contribution in [0.1, 0.15) is 27.0 Å². The highest BCUT2D eigenvalue weighted by molar-refractivity contribution is 8.00. The first-order valence-electron chi connectivity index (χ1n) is 8.23. The molecule has 0 spiro atoms. The van der Waals surface area contributed by atoms with Crippen LogP contribution in [0.4, 0.5) is 5.95 Å². The number of hydrogen-bond acceptors (Lipinski definition) is 5. The third kappa shape index (κ3) is 4.23. The van der Waals surface area contributed by atoms with E-state index in [-0.39, 0.29) is 5.56 Å². The van der Waals surface area contributed by atoms with Crippen molar-refractivity contribution in [2.24, 2.45) is 0 Å². The molecule has 0 aliphatic carbocycles. The number of benzene rings is 2. The van der Waals surface area contributed by atoms with Gasteiger partial charge in [-0.15, -0.1) is 0 Å². The summed E-state index contributed by atoms with van der Waals surface area (Å²) in [7, 11) is 0.